The van der Waals surface area contributed by atoms with Gasteiger partial charge in [-0.25, -0.2) is 0 Å². The standard InChI is InChI=1S/C6H16NP/c1-5-8(4,6-2)7-3/h5-6H2,1-4H3. The lowest BCUT2D eigenvalue weighted by Crippen LogP contribution is -1.85. The van der Waals surface area contributed by atoms with E-state index in [0.717, 1.165) is 0 Å². The van der Waals surface area contributed by atoms with E-state index in [9.17, 15) is 0 Å². The Morgan fingerprint density at radius 3 is 1.62 bits per heavy atom. The van der Waals surface area contributed by atoms with Crippen molar-refractivity contribution < 1.29 is 0 Å². The first-order valence-corrected chi connectivity index (χ1v) is 5.70. The molecule has 0 aromatic rings. The maximum absolute atomic E-state index is 4.37. The van der Waals surface area contributed by atoms with Gasteiger partial charge in [-0.15, -0.1) is 0 Å². The summed E-state index contributed by atoms with van der Waals surface area (Å²) in [5, 5.41) is 0. The van der Waals surface area contributed by atoms with E-state index in [4.69, 9.17) is 0 Å². The van der Waals surface area contributed by atoms with Gasteiger partial charge < -0.3 is 4.74 Å². The maximum Gasteiger partial charge on any atom is 0.0261 e. The molecular weight excluding hydrogens is 117 g/mol. The van der Waals surface area contributed by atoms with Crippen molar-refractivity contribution in [3.8, 4) is 0 Å². The van der Waals surface area contributed by atoms with Gasteiger partial charge in [0.1, 0.15) is 0 Å². The van der Waals surface area contributed by atoms with E-state index in [1.165, 1.54) is 12.3 Å². The monoisotopic (exact) mass is 133 g/mol. The van der Waals surface area contributed by atoms with Crippen molar-refractivity contribution in [2.24, 2.45) is 4.74 Å². The molecule has 0 rings (SSSR count). The highest BCUT2D eigenvalue weighted by Crippen LogP contribution is 2.43. The van der Waals surface area contributed by atoms with Gasteiger partial charge in [-0.2, -0.15) is 0 Å². The van der Waals surface area contributed by atoms with E-state index in [0.29, 0.717) is 0 Å². The molecule has 1 nitrogen and oxygen atoms in total. The molecule has 0 heterocycles. The van der Waals surface area contributed by atoms with E-state index < -0.39 is 7.05 Å². The fraction of sp³-hybridized carbons (Fsp3) is 1.00. The van der Waals surface area contributed by atoms with Gasteiger partial charge >= 0.3 is 0 Å². The minimum Gasteiger partial charge on any atom is -0.307 e. The third-order valence-corrected chi connectivity index (χ3v) is 5.54. The Morgan fingerprint density at radius 1 is 1.25 bits per heavy atom. The zero-order valence-corrected chi connectivity index (χ0v) is 7.20. The molecule has 0 amide bonds. The summed E-state index contributed by atoms with van der Waals surface area (Å²) in [5.74, 6) is 0. The molecule has 50 valence electrons. The first-order chi connectivity index (χ1) is 3.68. The highest BCUT2D eigenvalue weighted by molar-refractivity contribution is 7.65. The van der Waals surface area contributed by atoms with E-state index >= 15 is 0 Å². The van der Waals surface area contributed by atoms with Crippen LogP contribution in [0.2, 0.25) is 0 Å². The lowest BCUT2D eigenvalue weighted by molar-refractivity contribution is 1.34. The molecular formula is C6H16NP. The van der Waals surface area contributed by atoms with Crippen molar-refractivity contribution in [3.05, 3.63) is 0 Å². The Balaban J connectivity index is 4.00. The van der Waals surface area contributed by atoms with Gasteiger partial charge in [0.05, 0.1) is 0 Å². The minimum atomic E-state index is -0.787. The molecule has 2 heteroatoms. The molecule has 0 N–H and O–H groups in total. The normalized spacial score (nSPS) is 11.5. The van der Waals surface area contributed by atoms with Crippen LogP contribution in [0.5, 0.6) is 0 Å². The molecule has 0 saturated carbocycles. The predicted octanol–water partition coefficient (Wildman–Crippen LogP) is 2.49. The molecule has 0 aliphatic carbocycles. The number of hydrogen-bond acceptors (Lipinski definition) is 1. The van der Waals surface area contributed by atoms with Crippen LogP contribution >= 0.6 is 7.05 Å². The van der Waals surface area contributed by atoms with Crippen molar-refractivity contribution in [2.75, 3.05) is 26.0 Å². The maximum atomic E-state index is 4.37. The highest BCUT2D eigenvalue weighted by Gasteiger charge is 2.02. The largest absolute Gasteiger partial charge is 0.307 e. The van der Waals surface area contributed by atoms with Crippen molar-refractivity contribution in [1.29, 1.82) is 0 Å². The molecule has 8 heavy (non-hydrogen) atoms. The van der Waals surface area contributed by atoms with Crippen molar-refractivity contribution in [3.63, 3.8) is 0 Å². The Hall–Kier alpha value is 0.230. The van der Waals surface area contributed by atoms with Crippen LogP contribution in [0.15, 0.2) is 4.74 Å². The van der Waals surface area contributed by atoms with Gasteiger partial charge in [0.15, 0.2) is 0 Å². The lowest BCUT2D eigenvalue weighted by atomic mass is 11.0. The Kier molecular flexibility index (Phi) is 3.39. The second-order valence-electron chi connectivity index (χ2n) is 2.17. The summed E-state index contributed by atoms with van der Waals surface area (Å²) in [6, 6.07) is 0. The summed E-state index contributed by atoms with van der Waals surface area (Å²) in [5.41, 5.74) is 0. The molecule has 0 spiro atoms. The van der Waals surface area contributed by atoms with E-state index in [2.05, 4.69) is 25.3 Å². The van der Waals surface area contributed by atoms with Crippen molar-refractivity contribution in [1.82, 2.24) is 0 Å². The van der Waals surface area contributed by atoms with Gasteiger partial charge in [-0.3, -0.25) is 0 Å². The second kappa shape index (κ2) is 3.29. The van der Waals surface area contributed by atoms with Crippen LogP contribution in [0.1, 0.15) is 13.8 Å². The third kappa shape index (κ3) is 2.00. The summed E-state index contributed by atoms with van der Waals surface area (Å²) in [6.45, 7) is 6.75. The highest BCUT2D eigenvalue weighted by atomic mass is 31.2. The fourth-order valence-electron chi connectivity index (χ4n) is 0.506. The molecule has 0 aromatic heterocycles. The van der Waals surface area contributed by atoms with Crippen LogP contribution in [-0.2, 0) is 0 Å². The van der Waals surface area contributed by atoms with Gasteiger partial charge in [0.2, 0.25) is 0 Å². The van der Waals surface area contributed by atoms with Crippen LogP contribution in [0.4, 0.5) is 0 Å². The molecule has 0 atom stereocenters. The summed E-state index contributed by atoms with van der Waals surface area (Å²) in [4.78, 5) is 0. The van der Waals surface area contributed by atoms with E-state index in [1.807, 2.05) is 7.05 Å². The smallest absolute Gasteiger partial charge is 0.0261 e. The molecule has 0 aliphatic heterocycles. The summed E-state index contributed by atoms with van der Waals surface area (Å²) in [6.07, 6.45) is 2.53. The van der Waals surface area contributed by atoms with Crippen molar-refractivity contribution >= 4 is 7.05 Å². The first kappa shape index (κ1) is 8.23. The van der Waals surface area contributed by atoms with Gasteiger partial charge in [0.25, 0.3) is 0 Å². The third-order valence-electron chi connectivity index (χ3n) is 1.85. The second-order valence-corrected chi connectivity index (χ2v) is 6.51. The number of rotatable bonds is 2. The van der Waals surface area contributed by atoms with E-state index in [1.54, 1.807) is 0 Å². The quantitative estimate of drug-likeness (QED) is 0.513. The van der Waals surface area contributed by atoms with Gasteiger partial charge in [-0.1, -0.05) is 13.8 Å². The molecule has 0 aliphatic rings. The first-order valence-electron chi connectivity index (χ1n) is 3.14. The van der Waals surface area contributed by atoms with Crippen molar-refractivity contribution in [2.45, 2.75) is 13.8 Å². The molecule has 0 fully saturated rings. The van der Waals surface area contributed by atoms with Crippen LogP contribution in [0.25, 0.3) is 0 Å². The van der Waals surface area contributed by atoms with Crippen LogP contribution < -0.4 is 0 Å². The molecule has 0 aromatic carbocycles. The predicted molar refractivity (Wildman–Crippen MR) is 42.3 cm³/mol. The summed E-state index contributed by atoms with van der Waals surface area (Å²) in [7, 11) is 1.16. The number of nitrogens with zero attached hydrogens (tertiary/aromatic N) is 1. The van der Waals surface area contributed by atoms with Crippen LogP contribution in [0, 0.1) is 0 Å². The molecule has 0 radical (unpaired) electrons. The summed E-state index contributed by atoms with van der Waals surface area (Å²) < 4.78 is 4.37. The Labute approximate surface area is 52.6 Å². The topological polar surface area (TPSA) is 12.4 Å². The van der Waals surface area contributed by atoms with Gasteiger partial charge in [0, 0.05) is 7.05 Å². The Bertz CT molecular complexity index is 99.1. The number of hydrogen-bond donors (Lipinski definition) is 0. The summed E-state index contributed by atoms with van der Waals surface area (Å²) >= 11 is 0. The fourth-order valence-corrected chi connectivity index (χ4v) is 1.52. The average Bonchev–Trinajstić information content (AvgIpc) is 1.87. The molecule has 0 unspecified atom stereocenters. The lowest BCUT2D eigenvalue weighted by Gasteiger charge is -2.12. The van der Waals surface area contributed by atoms with Crippen LogP contribution in [0.3, 0.4) is 0 Å². The zero-order valence-electron chi connectivity index (χ0n) is 6.31. The zero-order chi connectivity index (χ0) is 6.62. The Morgan fingerprint density at radius 2 is 1.62 bits per heavy atom. The molecule has 0 saturated heterocycles. The molecule has 0 bridgehead atoms. The van der Waals surface area contributed by atoms with Gasteiger partial charge in [-0.05, 0) is 26.0 Å². The van der Waals surface area contributed by atoms with Crippen LogP contribution in [-0.4, -0.2) is 26.0 Å². The average molecular weight is 133 g/mol. The van der Waals surface area contributed by atoms with E-state index in [-0.39, 0.29) is 0 Å². The SMILES string of the molecule is CCP(C)(CC)=NC. The minimum absolute atomic E-state index is 0.787.